The molecule has 0 aliphatic carbocycles. The first-order valence-corrected chi connectivity index (χ1v) is 5.10. The minimum absolute atomic E-state index is 0.258. The molecule has 18 heavy (non-hydrogen) atoms. The largest absolute Gasteiger partial charge is 0.496 e. The molecule has 92 valence electrons. The van der Waals surface area contributed by atoms with Gasteiger partial charge in [0.1, 0.15) is 5.75 Å². The smallest absolute Gasteiger partial charge is 0.372 e. The summed E-state index contributed by atoms with van der Waals surface area (Å²) in [6.45, 7) is 0. The van der Waals surface area contributed by atoms with Gasteiger partial charge in [0.15, 0.2) is 0 Å². The fourth-order valence-corrected chi connectivity index (χ4v) is 1.55. The molecule has 0 amide bonds. The zero-order valence-electron chi connectivity index (χ0n) is 9.51. The van der Waals surface area contributed by atoms with Gasteiger partial charge in [-0.25, -0.2) is 9.78 Å². The monoisotopic (exact) mass is 246 g/mol. The van der Waals surface area contributed by atoms with Gasteiger partial charge in [-0.1, -0.05) is 12.1 Å². The summed E-state index contributed by atoms with van der Waals surface area (Å²) in [7, 11) is 1.49. The molecule has 0 fully saturated rings. The Morgan fingerprint density at radius 3 is 2.78 bits per heavy atom. The van der Waals surface area contributed by atoms with Gasteiger partial charge in [-0.3, -0.25) is 4.79 Å². The minimum Gasteiger partial charge on any atom is -0.496 e. The van der Waals surface area contributed by atoms with Gasteiger partial charge in [-0.05, 0) is 12.1 Å². The molecule has 0 aliphatic rings. The highest BCUT2D eigenvalue weighted by molar-refractivity contribution is 5.84. The molecule has 6 nitrogen and oxygen atoms in total. The molecule has 0 aliphatic heterocycles. The number of rotatable bonds is 3. The zero-order chi connectivity index (χ0) is 13.1. The van der Waals surface area contributed by atoms with Crippen molar-refractivity contribution in [3.63, 3.8) is 0 Å². The van der Waals surface area contributed by atoms with E-state index in [1.54, 1.807) is 24.3 Å². The summed E-state index contributed by atoms with van der Waals surface area (Å²) >= 11 is 0. The van der Waals surface area contributed by atoms with Crippen LogP contribution in [0.15, 0.2) is 35.1 Å². The van der Waals surface area contributed by atoms with Crippen LogP contribution in [0.5, 0.6) is 5.75 Å². The van der Waals surface area contributed by atoms with E-state index >= 15 is 0 Å². The average Bonchev–Trinajstić information content (AvgIpc) is 2.38. The van der Waals surface area contributed by atoms with Crippen molar-refractivity contribution in [1.82, 2.24) is 9.97 Å². The van der Waals surface area contributed by atoms with Gasteiger partial charge in [0.25, 0.3) is 5.56 Å². The summed E-state index contributed by atoms with van der Waals surface area (Å²) in [6, 6.07) is 8.16. The Hall–Kier alpha value is -2.63. The van der Waals surface area contributed by atoms with Crippen LogP contribution in [0.25, 0.3) is 11.3 Å². The quantitative estimate of drug-likeness (QED) is 0.847. The van der Waals surface area contributed by atoms with Gasteiger partial charge in [-0.15, -0.1) is 0 Å². The van der Waals surface area contributed by atoms with E-state index in [9.17, 15) is 9.59 Å². The molecule has 0 saturated carbocycles. The zero-order valence-corrected chi connectivity index (χ0v) is 9.51. The normalized spacial score (nSPS) is 10.1. The number of hydrogen-bond donors (Lipinski definition) is 2. The van der Waals surface area contributed by atoms with E-state index in [0.717, 1.165) is 0 Å². The molecule has 0 spiro atoms. The van der Waals surface area contributed by atoms with Crippen molar-refractivity contribution in [3.8, 4) is 17.0 Å². The summed E-state index contributed by atoms with van der Waals surface area (Å²) < 4.78 is 5.14. The molecule has 2 rings (SSSR count). The Morgan fingerprint density at radius 2 is 2.11 bits per heavy atom. The number of aromatic amines is 1. The third-order valence-electron chi connectivity index (χ3n) is 2.33. The molecule has 1 heterocycles. The summed E-state index contributed by atoms with van der Waals surface area (Å²) in [5, 5.41) is 8.84. The highest BCUT2D eigenvalue weighted by atomic mass is 16.5. The maximum absolute atomic E-state index is 11.4. The van der Waals surface area contributed by atoms with E-state index in [-0.39, 0.29) is 5.69 Å². The summed E-state index contributed by atoms with van der Waals surface area (Å²) in [5.41, 5.74) is 0.297. The number of hydrogen-bond acceptors (Lipinski definition) is 4. The lowest BCUT2D eigenvalue weighted by atomic mass is 10.1. The van der Waals surface area contributed by atoms with Crippen molar-refractivity contribution in [2.24, 2.45) is 0 Å². The molecule has 2 N–H and O–H groups in total. The van der Waals surface area contributed by atoms with Crippen molar-refractivity contribution < 1.29 is 14.6 Å². The third kappa shape index (κ3) is 2.22. The second kappa shape index (κ2) is 4.70. The first-order chi connectivity index (χ1) is 8.61. The molecule has 1 aromatic carbocycles. The van der Waals surface area contributed by atoms with E-state index in [4.69, 9.17) is 9.84 Å². The average molecular weight is 246 g/mol. The number of aromatic carboxylic acids is 1. The molecule has 0 bridgehead atoms. The second-order valence-corrected chi connectivity index (χ2v) is 3.48. The molecular weight excluding hydrogens is 236 g/mol. The van der Waals surface area contributed by atoms with Crippen LogP contribution < -0.4 is 10.3 Å². The second-order valence-electron chi connectivity index (χ2n) is 3.48. The first kappa shape index (κ1) is 11.8. The lowest BCUT2D eigenvalue weighted by molar-refractivity contribution is 0.0683. The van der Waals surface area contributed by atoms with Crippen LogP contribution >= 0.6 is 0 Å². The maximum atomic E-state index is 11.4. The standard InChI is InChI=1S/C12H10N2O4/c1-18-9-5-3-2-4-7(9)8-6-10(15)14-11(13-8)12(16)17/h2-6H,1H3,(H,16,17)(H,13,14,15). The van der Waals surface area contributed by atoms with Gasteiger partial charge in [0.05, 0.1) is 12.8 Å². The van der Waals surface area contributed by atoms with E-state index < -0.39 is 17.4 Å². The fourth-order valence-electron chi connectivity index (χ4n) is 1.55. The lowest BCUT2D eigenvalue weighted by Crippen LogP contribution is -2.15. The summed E-state index contributed by atoms with van der Waals surface area (Å²) in [6.07, 6.45) is 0. The van der Waals surface area contributed by atoms with Crippen LogP contribution in [0.2, 0.25) is 0 Å². The van der Waals surface area contributed by atoms with Crippen LogP contribution in [-0.4, -0.2) is 28.2 Å². The molecule has 0 atom stereocenters. The molecule has 0 saturated heterocycles. The number of ether oxygens (including phenoxy) is 1. The fraction of sp³-hybridized carbons (Fsp3) is 0.0833. The number of benzene rings is 1. The minimum atomic E-state index is -1.29. The van der Waals surface area contributed by atoms with Gasteiger partial charge in [-0.2, -0.15) is 0 Å². The number of nitrogens with zero attached hydrogens (tertiary/aromatic N) is 1. The maximum Gasteiger partial charge on any atom is 0.372 e. The van der Waals surface area contributed by atoms with Crippen LogP contribution in [0.4, 0.5) is 0 Å². The highest BCUT2D eigenvalue weighted by Crippen LogP contribution is 2.26. The van der Waals surface area contributed by atoms with Gasteiger partial charge in [0.2, 0.25) is 5.82 Å². The first-order valence-electron chi connectivity index (χ1n) is 5.10. The van der Waals surface area contributed by atoms with Crippen molar-refractivity contribution in [2.75, 3.05) is 7.11 Å². The Bertz CT molecular complexity index is 649. The van der Waals surface area contributed by atoms with Crippen LogP contribution in [0, 0.1) is 0 Å². The predicted molar refractivity (Wildman–Crippen MR) is 63.8 cm³/mol. The van der Waals surface area contributed by atoms with E-state index in [0.29, 0.717) is 11.3 Å². The Labute approximate surface area is 102 Å². The van der Waals surface area contributed by atoms with E-state index in [1.165, 1.54) is 13.2 Å². The molecule has 0 unspecified atom stereocenters. The van der Waals surface area contributed by atoms with Crippen molar-refractivity contribution >= 4 is 5.97 Å². The number of nitrogens with one attached hydrogen (secondary N) is 1. The Morgan fingerprint density at radius 1 is 1.39 bits per heavy atom. The molecule has 6 heteroatoms. The van der Waals surface area contributed by atoms with Crippen LogP contribution in [-0.2, 0) is 0 Å². The van der Waals surface area contributed by atoms with E-state index in [2.05, 4.69) is 9.97 Å². The van der Waals surface area contributed by atoms with Crippen molar-refractivity contribution in [2.45, 2.75) is 0 Å². The summed E-state index contributed by atoms with van der Waals surface area (Å²) in [4.78, 5) is 28.2. The number of H-pyrrole nitrogens is 1. The van der Waals surface area contributed by atoms with Gasteiger partial charge < -0.3 is 14.8 Å². The number of carboxylic acids is 1. The Kier molecular flexibility index (Phi) is 3.09. The third-order valence-corrected chi connectivity index (χ3v) is 2.33. The predicted octanol–water partition coefficient (Wildman–Crippen LogP) is 1.14. The number of aromatic nitrogens is 2. The Balaban J connectivity index is 2.64. The van der Waals surface area contributed by atoms with E-state index in [1.807, 2.05) is 0 Å². The molecule has 1 aromatic heterocycles. The number of carboxylic acid groups (broad SMARTS) is 1. The molecule has 0 radical (unpaired) electrons. The number of para-hydroxylation sites is 1. The SMILES string of the molecule is COc1ccccc1-c1cc(=O)[nH]c(C(=O)O)n1. The lowest BCUT2D eigenvalue weighted by Gasteiger charge is -2.07. The highest BCUT2D eigenvalue weighted by Gasteiger charge is 2.12. The van der Waals surface area contributed by atoms with Crippen LogP contribution in [0.1, 0.15) is 10.6 Å². The van der Waals surface area contributed by atoms with Crippen molar-refractivity contribution in [3.05, 3.63) is 46.5 Å². The number of carbonyl (C=O) groups is 1. The molecule has 2 aromatic rings. The van der Waals surface area contributed by atoms with Crippen molar-refractivity contribution in [1.29, 1.82) is 0 Å². The number of methoxy groups -OCH3 is 1. The summed E-state index contributed by atoms with van der Waals surface area (Å²) in [5.74, 6) is -1.17. The topological polar surface area (TPSA) is 92.3 Å². The van der Waals surface area contributed by atoms with Crippen LogP contribution in [0.3, 0.4) is 0 Å². The van der Waals surface area contributed by atoms with Gasteiger partial charge in [0, 0.05) is 11.6 Å². The van der Waals surface area contributed by atoms with Gasteiger partial charge >= 0.3 is 5.97 Å². The molecular formula is C12H10N2O4.